The summed E-state index contributed by atoms with van der Waals surface area (Å²) in [5, 5.41) is 3.17. The zero-order valence-corrected chi connectivity index (χ0v) is 11.5. The monoisotopic (exact) mass is 278 g/mol. The number of methoxy groups -OCH3 is 1. The fourth-order valence-electron chi connectivity index (χ4n) is 1.91. The third-order valence-corrected chi connectivity index (χ3v) is 2.98. The van der Waals surface area contributed by atoms with Gasteiger partial charge in [-0.15, -0.1) is 0 Å². The lowest BCUT2D eigenvalue weighted by molar-refractivity contribution is 0.415. The lowest BCUT2D eigenvalue weighted by Crippen LogP contribution is -1.97. The second-order valence-corrected chi connectivity index (χ2v) is 4.35. The molecule has 0 spiro atoms. The molecule has 0 bridgehead atoms. The van der Waals surface area contributed by atoms with E-state index in [2.05, 4.69) is 20.3 Å². The molecular weight excluding hydrogens is 264 g/mol. The second-order valence-electron chi connectivity index (χ2n) is 4.35. The van der Waals surface area contributed by atoms with Crippen LogP contribution >= 0.6 is 0 Å². The van der Waals surface area contributed by atoms with E-state index in [0.717, 1.165) is 22.7 Å². The Balaban J connectivity index is 1.83. The number of rotatable bonds is 4. The van der Waals surface area contributed by atoms with Gasteiger partial charge < -0.3 is 10.1 Å². The molecule has 0 saturated carbocycles. The van der Waals surface area contributed by atoms with E-state index < -0.39 is 0 Å². The molecule has 0 aliphatic heterocycles. The molecule has 3 aromatic rings. The topological polar surface area (TPSA) is 59.9 Å². The van der Waals surface area contributed by atoms with Gasteiger partial charge in [-0.05, 0) is 42.5 Å². The van der Waals surface area contributed by atoms with E-state index in [-0.39, 0.29) is 0 Å². The molecule has 1 aromatic carbocycles. The largest absolute Gasteiger partial charge is 0.497 e. The van der Waals surface area contributed by atoms with Crippen LogP contribution in [0.15, 0.2) is 61.1 Å². The van der Waals surface area contributed by atoms with Gasteiger partial charge in [-0.1, -0.05) is 0 Å². The summed E-state index contributed by atoms with van der Waals surface area (Å²) < 4.78 is 5.13. The van der Waals surface area contributed by atoms with E-state index in [1.54, 1.807) is 25.7 Å². The van der Waals surface area contributed by atoms with E-state index in [1.165, 1.54) is 0 Å². The Morgan fingerprint density at radius 3 is 2.38 bits per heavy atom. The molecule has 2 heterocycles. The van der Waals surface area contributed by atoms with Gasteiger partial charge in [-0.3, -0.25) is 4.98 Å². The van der Waals surface area contributed by atoms with E-state index in [9.17, 15) is 0 Å². The van der Waals surface area contributed by atoms with Crippen molar-refractivity contribution in [2.75, 3.05) is 12.4 Å². The number of aromatic nitrogens is 3. The highest BCUT2D eigenvalue weighted by molar-refractivity contribution is 5.61. The molecule has 5 heteroatoms. The first-order valence-corrected chi connectivity index (χ1v) is 6.50. The lowest BCUT2D eigenvalue weighted by atomic mass is 10.2. The van der Waals surface area contributed by atoms with Crippen molar-refractivity contribution < 1.29 is 4.74 Å². The Hall–Kier alpha value is -2.95. The normalized spacial score (nSPS) is 10.1. The summed E-state index contributed by atoms with van der Waals surface area (Å²) in [5.41, 5.74) is 2.76. The van der Waals surface area contributed by atoms with Crippen molar-refractivity contribution in [2.45, 2.75) is 0 Å². The molecular formula is C16H14N4O. The first kappa shape index (κ1) is 13.1. The third-order valence-electron chi connectivity index (χ3n) is 2.98. The number of nitrogens with one attached hydrogen (secondary N) is 1. The summed E-state index contributed by atoms with van der Waals surface area (Å²) in [6, 6.07) is 13.3. The van der Waals surface area contributed by atoms with Crippen LogP contribution in [-0.4, -0.2) is 22.1 Å². The van der Waals surface area contributed by atoms with Crippen LogP contribution < -0.4 is 10.1 Å². The number of pyridine rings is 1. The van der Waals surface area contributed by atoms with Crippen LogP contribution in [0.25, 0.3) is 11.3 Å². The molecule has 2 aromatic heterocycles. The molecule has 0 radical (unpaired) electrons. The van der Waals surface area contributed by atoms with Gasteiger partial charge in [0.25, 0.3) is 0 Å². The molecule has 0 atom stereocenters. The van der Waals surface area contributed by atoms with E-state index in [4.69, 9.17) is 4.74 Å². The minimum atomic E-state index is 0.550. The van der Waals surface area contributed by atoms with Crippen molar-refractivity contribution in [1.29, 1.82) is 0 Å². The van der Waals surface area contributed by atoms with Gasteiger partial charge in [-0.25, -0.2) is 9.97 Å². The van der Waals surface area contributed by atoms with Gasteiger partial charge in [0.15, 0.2) is 0 Å². The number of nitrogens with zero attached hydrogens (tertiary/aromatic N) is 3. The van der Waals surface area contributed by atoms with Crippen LogP contribution in [0.1, 0.15) is 0 Å². The lowest BCUT2D eigenvalue weighted by Gasteiger charge is -2.07. The second kappa shape index (κ2) is 6.00. The quantitative estimate of drug-likeness (QED) is 0.793. The zero-order valence-electron chi connectivity index (χ0n) is 11.5. The van der Waals surface area contributed by atoms with Crippen molar-refractivity contribution in [1.82, 2.24) is 15.0 Å². The fraction of sp³-hybridized carbons (Fsp3) is 0.0625. The molecule has 0 amide bonds. The van der Waals surface area contributed by atoms with Crippen LogP contribution in [0.3, 0.4) is 0 Å². The Bertz CT molecular complexity index is 714. The first-order valence-electron chi connectivity index (χ1n) is 6.50. The summed E-state index contributed by atoms with van der Waals surface area (Å²) in [6.45, 7) is 0. The van der Waals surface area contributed by atoms with Gasteiger partial charge in [-0.2, -0.15) is 0 Å². The molecule has 0 saturated heterocycles. The molecule has 0 unspecified atom stereocenters. The zero-order chi connectivity index (χ0) is 14.5. The maximum atomic E-state index is 5.13. The predicted molar refractivity (Wildman–Crippen MR) is 81.5 cm³/mol. The molecule has 5 nitrogen and oxygen atoms in total. The van der Waals surface area contributed by atoms with Crippen LogP contribution in [0, 0.1) is 0 Å². The standard InChI is InChI=1S/C16H14N4O/c1-21-14-4-2-13(3-5-14)19-16-18-11-8-15(20-16)12-6-9-17-10-7-12/h2-11H,1H3,(H,18,19,20). The smallest absolute Gasteiger partial charge is 0.227 e. The molecule has 0 fully saturated rings. The van der Waals surface area contributed by atoms with Crippen molar-refractivity contribution >= 4 is 11.6 Å². The summed E-state index contributed by atoms with van der Waals surface area (Å²) in [7, 11) is 1.64. The summed E-state index contributed by atoms with van der Waals surface area (Å²) in [5.74, 6) is 1.36. The van der Waals surface area contributed by atoms with Gasteiger partial charge in [0.05, 0.1) is 12.8 Å². The van der Waals surface area contributed by atoms with Gasteiger partial charge >= 0.3 is 0 Å². The number of anilines is 2. The van der Waals surface area contributed by atoms with Gasteiger partial charge in [0, 0.05) is 29.8 Å². The maximum Gasteiger partial charge on any atom is 0.227 e. The molecule has 0 aliphatic carbocycles. The number of ether oxygens (including phenoxy) is 1. The summed E-state index contributed by atoms with van der Waals surface area (Å²) >= 11 is 0. The van der Waals surface area contributed by atoms with Gasteiger partial charge in [0.2, 0.25) is 5.95 Å². The molecule has 1 N–H and O–H groups in total. The number of hydrogen-bond donors (Lipinski definition) is 1. The highest BCUT2D eigenvalue weighted by Crippen LogP contribution is 2.20. The molecule has 21 heavy (non-hydrogen) atoms. The van der Waals surface area contributed by atoms with Crippen LogP contribution in [0.4, 0.5) is 11.6 Å². The fourth-order valence-corrected chi connectivity index (χ4v) is 1.91. The maximum absolute atomic E-state index is 5.13. The van der Waals surface area contributed by atoms with E-state index in [1.807, 2.05) is 42.5 Å². The first-order chi connectivity index (χ1) is 10.3. The van der Waals surface area contributed by atoms with E-state index in [0.29, 0.717) is 5.95 Å². The number of benzene rings is 1. The van der Waals surface area contributed by atoms with Crippen molar-refractivity contribution in [3.8, 4) is 17.0 Å². The Labute approximate surface area is 122 Å². The minimum absolute atomic E-state index is 0.550. The summed E-state index contributed by atoms with van der Waals surface area (Å²) in [6.07, 6.45) is 5.22. The summed E-state index contributed by atoms with van der Waals surface area (Å²) in [4.78, 5) is 12.7. The number of hydrogen-bond acceptors (Lipinski definition) is 5. The van der Waals surface area contributed by atoms with Crippen molar-refractivity contribution in [2.24, 2.45) is 0 Å². The minimum Gasteiger partial charge on any atom is -0.497 e. The average molecular weight is 278 g/mol. The van der Waals surface area contributed by atoms with Crippen LogP contribution in [-0.2, 0) is 0 Å². The van der Waals surface area contributed by atoms with Crippen molar-refractivity contribution in [3.63, 3.8) is 0 Å². The highest BCUT2D eigenvalue weighted by atomic mass is 16.5. The van der Waals surface area contributed by atoms with E-state index >= 15 is 0 Å². The Morgan fingerprint density at radius 2 is 1.67 bits per heavy atom. The Kier molecular flexibility index (Phi) is 3.73. The Morgan fingerprint density at radius 1 is 0.905 bits per heavy atom. The molecule has 104 valence electrons. The average Bonchev–Trinajstić information content (AvgIpc) is 2.57. The molecule has 0 aliphatic rings. The van der Waals surface area contributed by atoms with Crippen LogP contribution in [0.2, 0.25) is 0 Å². The third kappa shape index (κ3) is 3.14. The van der Waals surface area contributed by atoms with Crippen molar-refractivity contribution in [3.05, 3.63) is 61.1 Å². The molecule has 3 rings (SSSR count). The predicted octanol–water partition coefficient (Wildman–Crippen LogP) is 3.29. The SMILES string of the molecule is COc1ccc(Nc2nccc(-c3ccncc3)n2)cc1. The highest BCUT2D eigenvalue weighted by Gasteiger charge is 2.02. The van der Waals surface area contributed by atoms with Crippen LogP contribution in [0.5, 0.6) is 5.75 Å². The van der Waals surface area contributed by atoms with Gasteiger partial charge in [0.1, 0.15) is 5.75 Å².